The topological polar surface area (TPSA) is 76.1 Å². The SMILES string of the molecule is CCCCCCCCON1CCC(OC(=O)CCCCCCCCC(=O)O)C(C)(C)C1(C)C. The van der Waals surface area contributed by atoms with Crippen molar-refractivity contribution in [2.75, 3.05) is 13.2 Å². The van der Waals surface area contributed by atoms with E-state index in [2.05, 4.69) is 39.7 Å². The second-order valence-corrected chi connectivity index (χ2v) is 10.8. The molecule has 0 aromatic rings. The molecule has 1 fully saturated rings. The van der Waals surface area contributed by atoms with Crippen LogP contribution in [0.5, 0.6) is 0 Å². The first-order valence-electron chi connectivity index (χ1n) is 13.4. The molecule has 0 aromatic carbocycles. The molecule has 0 spiro atoms. The number of nitrogens with zero attached hydrogens (tertiary/aromatic N) is 1. The van der Waals surface area contributed by atoms with Gasteiger partial charge in [0.05, 0.1) is 6.61 Å². The van der Waals surface area contributed by atoms with Crippen LogP contribution < -0.4 is 0 Å². The maximum atomic E-state index is 12.5. The summed E-state index contributed by atoms with van der Waals surface area (Å²) in [6, 6.07) is 0. The lowest BCUT2D eigenvalue weighted by molar-refractivity contribution is -0.280. The number of unbranched alkanes of at least 4 members (excludes halogenated alkanes) is 10. The maximum absolute atomic E-state index is 12.5. The summed E-state index contributed by atoms with van der Waals surface area (Å²) in [4.78, 5) is 29.2. The second-order valence-electron chi connectivity index (χ2n) is 10.8. The molecule has 194 valence electrons. The predicted molar refractivity (Wildman–Crippen MR) is 133 cm³/mol. The van der Waals surface area contributed by atoms with Gasteiger partial charge in [-0.25, -0.2) is 0 Å². The van der Waals surface area contributed by atoms with Gasteiger partial charge in [0.1, 0.15) is 6.10 Å². The van der Waals surface area contributed by atoms with E-state index in [1.807, 2.05) is 0 Å². The molecule has 1 unspecified atom stereocenters. The van der Waals surface area contributed by atoms with E-state index in [9.17, 15) is 9.59 Å². The number of rotatable bonds is 18. The quantitative estimate of drug-likeness (QED) is 0.174. The second kappa shape index (κ2) is 15.7. The van der Waals surface area contributed by atoms with Crippen molar-refractivity contribution in [3.8, 4) is 0 Å². The Morgan fingerprint density at radius 2 is 1.39 bits per heavy atom. The Morgan fingerprint density at radius 3 is 2.00 bits per heavy atom. The van der Waals surface area contributed by atoms with E-state index in [1.165, 1.54) is 32.1 Å². The van der Waals surface area contributed by atoms with Crippen molar-refractivity contribution in [2.45, 2.75) is 143 Å². The summed E-state index contributed by atoms with van der Waals surface area (Å²) in [6.07, 6.45) is 14.5. The summed E-state index contributed by atoms with van der Waals surface area (Å²) in [7, 11) is 0. The van der Waals surface area contributed by atoms with Crippen molar-refractivity contribution in [2.24, 2.45) is 5.41 Å². The molecule has 1 N–H and O–H groups in total. The number of hydrogen-bond acceptors (Lipinski definition) is 5. The summed E-state index contributed by atoms with van der Waals surface area (Å²) in [5.74, 6) is -0.824. The first-order chi connectivity index (χ1) is 15.6. The highest BCUT2D eigenvalue weighted by molar-refractivity contribution is 5.69. The summed E-state index contributed by atoms with van der Waals surface area (Å²) in [5.41, 5.74) is -0.444. The number of carbonyl (C=O) groups excluding carboxylic acids is 1. The van der Waals surface area contributed by atoms with Crippen LogP contribution in [0.3, 0.4) is 0 Å². The van der Waals surface area contributed by atoms with E-state index in [1.54, 1.807) is 0 Å². The van der Waals surface area contributed by atoms with Gasteiger partial charge in [-0.05, 0) is 33.1 Å². The Balaban J connectivity index is 2.31. The fraction of sp³-hybridized carbons (Fsp3) is 0.926. The Kier molecular flexibility index (Phi) is 14.2. The van der Waals surface area contributed by atoms with E-state index in [0.717, 1.165) is 64.5 Å². The van der Waals surface area contributed by atoms with E-state index in [-0.39, 0.29) is 29.4 Å². The van der Waals surface area contributed by atoms with Crippen molar-refractivity contribution >= 4 is 11.9 Å². The van der Waals surface area contributed by atoms with Gasteiger partial charge in [0.2, 0.25) is 0 Å². The van der Waals surface area contributed by atoms with Gasteiger partial charge >= 0.3 is 11.9 Å². The van der Waals surface area contributed by atoms with Crippen LogP contribution in [0.1, 0.15) is 131 Å². The van der Waals surface area contributed by atoms with Gasteiger partial charge in [-0.2, -0.15) is 5.06 Å². The van der Waals surface area contributed by atoms with Crippen molar-refractivity contribution in [1.82, 2.24) is 5.06 Å². The lowest BCUT2D eigenvalue weighted by Gasteiger charge is -2.55. The van der Waals surface area contributed by atoms with Gasteiger partial charge in [0.25, 0.3) is 0 Å². The van der Waals surface area contributed by atoms with Crippen molar-refractivity contribution < 1.29 is 24.3 Å². The molecule has 0 aromatic heterocycles. The highest BCUT2D eigenvalue weighted by Crippen LogP contribution is 2.45. The van der Waals surface area contributed by atoms with Crippen molar-refractivity contribution in [3.05, 3.63) is 0 Å². The fourth-order valence-electron chi connectivity index (χ4n) is 4.55. The van der Waals surface area contributed by atoms with Gasteiger partial charge in [-0.15, -0.1) is 0 Å². The standard InChI is InChI=1S/C27H51NO5/c1-6-7-8-9-14-17-22-32-28-21-20-23(26(2,3)27(28,4)5)33-25(31)19-16-13-11-10-12-15-18-24(29)30/h23H,6-22H2,1-5H3,(H,29,30). The van der Waals surface area contributed by atoms with Crippen LogP contribution in [0.25, 0.3) is 0 Å². The molecule has 1 saturated heterocycles. The van der Waals surface area contributed by atoms with Crippen LogP contribution in [-0.4, -0.2) is 46.9 Å². The molecular weight excluding hydrogens is 418 g/mol. The van der Waals surface area contributed by atoms with E-state index >= 15 is 0 Å². The Bertz CT molecular complexity index is 561. The average Bonchev–Trinajstić information content (AvgIpc) is 2.74. The van der Waals surface area contributed by atoms with Crippen LogP contribution in [0.15, 0.2) is 0 Å². The molecule has 1 heterocycles. The number of carbonyl (C=O) groups is 2. The maximum Gasteiger partial charge on any atom is 0.306 e. The molecule has 6 heteroatoms. The zero-order valence-electron chi connectivity index (χ0n) is 22.1. The highest BCUT2D eigenvalue weighted by Gasteiger charge is 2.52. The van der Waals surface area contributed by atoms with E-state index in [4.69, 9.17) is 14.7 Å². The van der Waals surface area contributed by atoms with Gasteiger partial charge in [-0.1, -0.05) is 78.6 Å². The minimum Gasteiger partial charge on any atom is -0.481 e. The normalized spacial score (nSPS) is 20.0. The zero-order valence-corrected chi connectivity index (χ0v) is 22.1. The third kappa shape index (κ3) is 10.8. The van der Waals surface area contributed by atoms with Crippen LogP contribution >= 0.6 is 0 Å². The number of carboxylic acid groups (broad SMARTS) is 1. The molecule has 1 atom stereocenters. The molecular formula is C27H51NO5. The van der Waals surface area contributed by atoms with Crippen LogP contribution in [0.4, 0.5) is 0 Å². The zero-order chi connectivity index (χ0) is 24.7. The molecule has 33 heavy (non-hydrogen) atoms. The molecule has 0 aliphatic carbocycles. The third-order valence-corrected chi connectivity index (χ3v) is 7.64. The van der Waals surface area contributed by atoms with Gasteiger partial charge in [0.15, 0.2) is 0 Å². The number of hydroxylamine groups is 2. The minimum absolute atomic E-state index is 0.101. The Hall–Kier alpha value is -1.14. The molecule has 0 amide bonds. The number of ether oxygens (including phenoxy) is 1. The largest absolute Gasteiger partial charge is 0.481 e. The predicted octanol–water partition coefficient (Wildman–Crippen LogP) is 6.91. The monoisotopic (exact) mass is 469 g/mol. The molecule has 0 saturated carbocycles. The average molecular weight is 470 g/mol. The number of piperidine rings is 1. The van der Waals surface area contributed by atoms with Gasteiger partial charge in [-0.3, -0.25) is 14.4 Å². The molecule has 6 nitrogen and oxygen atoms in total. The van der Waals surface area contributed by atoms with Crippen molar-refractivity contribution in [3.63, 3.8) is 0 Å². The van der Waals surface area contributed by atoms with E-state index < -0.39 is 5.97 Å². The lowest BCUT2D eigenvalue weighted by atomic mass is 9.67. The highest BCUT2D eigenvalue weighted by atomic mass is 16.7. The van der Waals surface area contributed by atoms with Crippen LogP contribution in [0.2, 0.25) is 0 Å². The first-order valence-corrected chi connectivity index (χ1v) is 13.4. The van der Waals surface area contributed by atoms with Gasteiger partial charge in [0, 0.05) is 36.8 Å². The molecule has 0 bridgehead atoms. The summed E-state index contributed by atoms with van der Waals surface area (Å²) in [5, 5.41) is 10.8. The Labute approximate surface area is 202 Å². The number of carboxylic acids is 1. The van der Waals surface area contributed by atoms with Crippen molar-refractivity contribution in [1.29, 1.82) is 0 Å². The Morgan fingerprint density at radius 1 is 0.848 bits per heavy atom. The summed E-state index contributed by atoms with van der Waals surface area (Å²) in [6.45, 7) is 12.5. The first kappa shape index (κ1) is 29.9. The fourth-order valence-corrected chi connectivity index (χ4v) is 4.55. The molecule has 1 aliphatic rings. The number of aliphatic carboxylic acids is 1. The molecule has 1 aliphatic heterocycles. The van der Waals surface area contributed by atoms with Crippen LogP contribution in [-0.2, 0) is 19.2 Å². The third-order valence-electron chi connectivity index (χ3n) is 7.64. The smallest absolute Gasteiger partial charge is 0.306 e. The summed E-state index contributed by atoms with van der Waals surface area (Å²) >= 11 is 0. The van der Waals surface area contributed by atoms with Gasteiger partial charge < -0.3 is 9.84 Å². The number of hydrogen-bond donors (Lipinski definition) is 1. The molecule has 0 radical (unpaired) electrons. The lowest BCUT2D eigenvalue weighted by Crippen LogP contribution is -2.63. The van der Waals surface area contributed by atoms with Crippen LogP contribution in [0, 0.1) is 5.41 Å². The summed E-state index contributed by atoms with van der Waals surface area (Å²) < 4.78 is 5.96. The minimum atomic E-state index is -0.723. The molecule has 1 rings (SSSR count). The van der Waals surface area contributed by atoms with E-state index in [0.29, 0.717) is 6.42 Å². The number of esters is 1.